The smallest absolute Gasteiger partial charge is 0.240 e. The lowest BCUT2D eigenvalue weighted by Gasteiger charge is -2.36. The summed E-state index contributed by atoms with van der Waals surface area (Å²) in [7, 11) is 0. The van der Waals surface area contributed by atoms with Gasteiger partial charge in [0.1, 0.15) is 0 Å². The first kappa shape index (κ1) is 11.5. The molecular weight excluding hydrogens is 204 g/mol. The SMILES string of the molecule is CC1(C)CCN(Cc2noc(CN)n2)CC1. The number of likely N-dealkylation sites (tertiary alicyclic amines) is 1. The summed E-state index contributed by atoms with van der Waals surface area (Å²) in [6.07, 6.45) is 2.46. The van der Waals surface area contributed by atoms with Crippen LogP contribution in [0.15, 0.2) is 4.52 Å². The lowest BCUT2D eigenvalue weighted by Crippen LogP contribution is -2.37. The highest BCUT2D eigenvalue weighted by Crippen LogP contribution is 2.29. The van der Waals surface area contributed by atoms with E-state index in [2.05, 4.69) is 28.9 Å². The summed E-state index contributed by atoms with van der Waals surface area (Å²) in [5.74, 6) is 1.27. The summed E-state index contributed by atoms with van der Waals surface area (Å²) >= 11 is 0. The summed E-state index contributed by atoms with van der Waals surface area (Å²) in [5, 5.41) is 3.91. The first-order valence-electron chi connectivity index (χ1n) is 5.83. The van der Waals surface area contributed by atoms with Crippen molar-refractivity contribution in [3.63, 3.8) is 0 Å². The number of rotatable bonds is 3. The molecule has 0 bridgehead atoms. The Kier molecular flexibility index (Phi) is 3.25. The van der Waals surface area contributed by atoms with E-state index in [1.807, 2.05) is 0 Å². The predicted molar refractivity (Wildman–Crippen MR) is 60.5 cm³/mol. The molecule has 5 nitrogen and oxygen atoms in total. The first-order valence-corrected chi connectivity index (χ1v) is 5.83. The van der Waals surface area contributed by atoms with Crippen molar-refractivity contribution in [1.82, 2.24) is 15.0 Å². The molecule has 0 radical (unpaired) electrons. The van der Waals surface area contributed by atoms with Crippen LogP contribution in [0.4, 0.5) is 0 Å². The van der Waals surface area contributed by atoms with Gasteiger partial charge in [-0.25, -0.2) is 0 Å². The van der Waals surface area contributed by atoms with Crippen molar-refractivity contribution in [3.8, 4) is 0 Å². The van der Waals surface area contributed by atoms with Gasteiger partial charge >= 0.3 is 0 Å². The molecule has 0 unspecified atom stereocenters. The second kappa shape index (κ2) is 4.51. The van der Waals surface area contributed by atoms with Crippen molar-refractivity contribution in [3.05, 3.63) is 11.7 Å². The van der Waals surface area contributed by atoms with Crippen LogP contribution in [-0.2, 0) is 13.1 Å². The molecule has 1 aromatic heterocycles. The molecule has 1 saturated heterocycles. The zero-order valence-electron chi connectivity index (χ0n) is 10.1. The van der Waals surface area contributed by atoms with Gasteiger partial charge in [0.15, 0.2) is 5.82 Å². The van der Waals surface area contributed by atoms with Gasteiger partial charge in [0.25, 0.3) is 0 Å². The van der Waals surface area contributed by atoms with Gasteiger partial charge in [-0.1, -0.05) is 19.0 Å². The van der Waals surface area contributed by atoms with Crippen molar-refractivity contribution >= 4 is 0 Å². The average molecular weight is 224 g/mol. The minimum Gasteiger partial charge on any atom is -0.338 e. The zero-order valence-corrected chi connectivity index (χ0v) is 10.1. The van der Waals surface area contributed by atoms with Gasteiger partial charge in [0.2, 0.25) is 5.89 Å². The van der Waals surface area contributed by atoms with Crippen LogP contribution in [0, 0.1) is 5.41 Å². The maximum absolute atomic E-state index is 5.42. The van der Waals surface area contributed by atoms with E-state index in [4.69, 9.17) is 10.3 Å². The lowest BCUT2D eigenvalue weighted by atomic mass is 9.83. The van der Waals surface area contributed by atoms with Crippen molar-refractivity contribution in [2.24, 2.45) is 11.1 Å². The van der Waals surface area contributed by atoms with Crippen LogP contribution in [0.1, 0.15) is 38.4 Å². The van der Waals surface area contributed by atoms with E-state index in [1.54, 1.807) is 0 Å². The van der Waals surface area contributed by atoms with Crippen molar-refractivity contribution in [2.75, 3.05) is 13.1 Å². The Morgan fingerprint density at radius 1 is 1.38 bits per heavy atom. The molecule has 1 aromatic rings. The second-order valence-electron chi connectivity index (χ2n) is 5.25. The van der Waals surface area contributed by atoms with Gasteiger partial charge in [0.05, 0.1) is 13.1 Å². The Balaban J connectivity index is 1.87. The molecule has 2 N–H and O–H groups in total. The molecule has 0 amide bonds. The summed E-state index contributed by atoms with van der Waals surface area (Å²) in [6, 6.07) is 0. The van der Waals surface area contributed by atoms with Crippen LogP contribution < -0.4 is 5.73 Å². The number of aromatic nitrogens is 2. The highest BCUT2D eigenvalue weighted by molar-refractivity contribution is 4.87. The topological polar surface area (TPSA) is 68.2 Å². The number of piperidine rings is 1. The third-order valence-corrected chi connectivity index (χ3v) is 3.26. The fraction of sp³-hybridized carbons (Fsp3) is 0.818. The van der Waals surface area contributed by atoms with Crippen molar-refractivity contribution in [2.45, 2.75) is 39.8 Å². The minimum absolute atomic E-state index is 0.319. The van der Waals surface area contributed by atoms with Gasteiger partial charge in [-0.15, -0.1) is 0 Å². The largest absolute Gasteiger partial charge is 0.338 e. The third-order valence-electron chi connectivity index (χ3n) is 3.26. The van der Waals surface area contributed by atoms with Crippen LogP contribution in [0.25, 0.3) is 0 Å². The Labute approximate surface area is 96.0 Å². The first-order chi connectivity index (χ1) is 7.59. The van der Waals surface area contributed by atoms with Crippen LogP contribution in [0.2, 0.25) is 0 Å². The molecule has 1 aliphatic rings. The summed E-state index contributed by atoms with van der Waals surface area (Å²) in [4.78, 5) is 6.59. The Bertz CT molecular complexity index is 338. The predicted octanol–water partition coefficient (Wildman–Crippen LogP) is 1.15. The summed E-state index contributed by atoms with van der Waals surface area (Å²) in [6.45, 7) is 7.97. The molecule has 0 aromatic carbocycles. The molecule has 0 spiro atoms. The minimum atomic E-state index is 0.319. The average Bonchev–Trinajstić information content (AvgIpc) is 2.69. The number of nitrogens with zero attached hydrogens (tertiary/aromatic N) is 3. The molecule has 0 atom stereocenters. The molecule has 1 fully saturated rings. The van der Waals surface area contributed by atoms with Crippen molar-refractivity contribution in [1.29, 1.82) is 0 Å². The molecule has 2 heterocycles. The van der Waals surface area contributed by atoms with Crippen LogP contribution in [0.5, 0.6) is 0 Å². The number of hydrogen-bond acceptors (Lipinski definition) is 5. The van der Waals surface area contributed by atoms with E-state index >= 15 is 0 Å². The molecule has 90 valence electrons. The van der Waals surface area contributed by atoms with E-state index < -0.39 is 0 Å². The molecule has 0 saturated carbocycles. The van der Waals surface area contributed by atoms with Gasteiger partial charge in [0, 0.05) is 0 Å². The van der Waals surface area contributed by atoms with E-state index in [9.17, 15) is 0 Å². The maximum Gasteiger partial charge on any atom is 0.240 e. The standard InChI is InChI=1S/C11H20N4O/c1-11(2)3-5-15(6-4-11)8-9-13-10(7-12)16-14-9/h3-8,12H2,1-2H3. The van der Waals surface area contributed by atoms with Gasteiger partial charge < -0.3 is 10.3 Å². The van der Waals surface area contributed by atoms with Gasteiger partial charge in [-0.2, -0.15) is 4.98 Å². The highest BCUT2D eigenvalue weighted by atomic mass is 16.5. The molecule has 1 aliphatic heterocycles. The summed E-state index contributed by atoms with van der Waals surface area (Å²) < 4.78 is 4.98. The highest BCUT2D eigenvalue weighted by Gasteiger charge is 2.25. The molecular formula is C11H20N4O. The fourth-order valence-electron chi connectivity index (χ4n) is 1.95. The van der Waals surface area contributed by atoms with E-state index in [1.165, 1.54) is 12.8 Å². The van der Waals surface area contributed by atoms with Crippen LogP contribution >= 0.6 is 0 Å². The summed E-state index contributed by atoms with van der Waals surface area (Å²) in [5.41, 5.74) is 5.90. The quantitative estimate of drug-likeness (QED) is 0.834. The normalized spacial score (nSPS) is 21.2. The Morgan fingerprint density at radius 3 is 2.62 bits per heavy atom. The van der Waals surface area contributed by atoms with Crippen LogP contribution in [-0.4, -0.2) is 28.1 Å². The van der Waals surface area contributed by atoms with E-state index in [-0.39, 0.29) is 0 Å². The molecule has 16 heavy (non-hydrogen) atoms. The van der Waals surface area contributed by atoms with Crippen molar-refractivity contribution < 1.29 is 4.52 Å². The second-order valence-corrected chi connectivity index (χ2v) is 5.25. The third kappa shape index (κ3) is 2.80. The monoisotopic (exact) mass is 224 g/mol. The Morgan fingerprint density at radius 2 is 2.06 bits per heavy atom. The molecule has 2 rings (SSSR count). The van der Waals surface area contributed by atoms with Gasteiger partial charge in [-0.3, -0.25) is 4.90 Å². The number of hydrogen-bond donors (Lipinski definition) is 1. The van der Waals surface area contributed by atoms with E-state index in [0.29, 0.717) is 17.9 Å². The molecule has 0 aliphatic carbocycles. The molecule has 5 heteroatoms. The maximum atomic E-state index is 5.42. The fourth-order valence-corrected chi connectivity index (χ4v) is 1.95. The lowest BCUT2D eigenvalue weighted by molar-refractivity contribution is 0.124. The Hall–Kier alpha value is -0.940. The van der Waals surface area contributed by atoms with E-state index in [0.717, 1.165) is 25.5 Å². The zero-order chi connectivity index (χ0) is 11.6. The van der Waals surface area contributed by atoms with Crippen LogP contribution in [0.3, 0.4) is 0 Å². The number of nitrogens with two attached hydrogens (primary N) is 1. The van der Waals surface area contributed by atoms with Gasteiger partial charge in [-0.05, 0) is 31.3 Å².